The van der Waals surface area contributed by atoms with E-state index < -0.39 is 0 Å². The topological polar surface area (TPSA) is 87.2 Å². The van der Waals surface area contributed by atoms with Gasteiger partial charge in [-0.2, -0.15) is 0 Å². The van der Waals surface area contributed by atoms with E-state index in [0.29, 0.717) is 5.95 Å². The van der Waals surface area contributed by atoms with Gasteiger partial charge in [0.25, 0.3) is 0 Å². The fraction of sp³-hybridized carbons (Fsp3) is 0. The quantitative estimate of drug-likeness (QED) is 0.420. The van der Waals surface area contributed by atoms with E-state index in [4.69, 9.17) is 9.97 Å². The molecule has 7 rings (SSSR count). The fourth-order valence-corrected chi connectivity index (χ4v) is 4.46. The summed E-state index contributed by atoms with van der Waals surface area (Å²) < 4.78 is 4.18. The molecule has 8 nitrogen and oxygen atoms in total. The predicted octanol–water partition coefficient (Wildman–Crippen LogP) is 4.25. The molecule has 0 saturated carbocycles. The molecular formula is C24H14N8. The average molecular weight is 414 g/mol. The van der Waals surface area contributed by atoms with Crippen LogP contribution in [0, 0.1) is 0 Å². The van der Waals surface area contributed by atoms with E-state index in [0.717, 1.165) is 49.3 Å². The minimum absolute atomic E-state index is 0.593. The van der Waals surface area contributed by atoms with E-state index in [-0.39, 0.29) is 0 Å². The van der Waals surface area contributed by atoms with E-state index in [1.165, 1.54) is 0 Å². The van der Waals surface area contributed by atoms with Crippen LogP contribution in [0.5, 0.6) is 0 Å². The van der Waals surface area contributed by atoms with Crippen LogP contribution in [0.25, 0.3) is 55.2 Å². The van der Waals surface area contributed by atoms with E-state index in [2.05, 4.69) is 24.5 Å². The van der Waals surface area contributed by atoms with Crippen molar-refractivity contribution in [3.8, 4) is 11.6 Å². The first-order valence-corrected chi connectivity index (χ1v) is 10.1. The minimum atomic E-state index is 0.593. The third-order valence-corrected chi connectivity index (χ3v) is 5.82. The molecule has 0 fully saturated rings. The number of nitrogens with zero attached hydrogens (tertiary/aromatic N) is 8. The Labute approximate surface area is 180 Å². The third-order valence-electron chi connectivity index (χ3n) is 5.82. The molecule has 0 atom stereocenters. The molecule has 7 aromatic heterocycles. The Morgan fingerprint density at radius 2 is 0.812 bits per heavy atom. The Balaban J connectivity index is 1.47. The highest BCUT2D eigenvalue weighted by Gasteiger charge is 2.16. The molecule has 0 bridgehead atoms. The Kier molecular flexibility index (Phi) is 3.40. The van der Waals surface area contributed by atoms with Crippen molar-refractivity contribution in [1.29, 1.82) is 0 Å². The van der Waals surface area contributed by atoms with Gasteiger partial charge in [0.2, 0.25) is 5.95 Å². The maximum absolute atomic E-state index is 4.75. The lowest BCUT2D eigenvalue weighted by molar-refractivity contribution is 0.966. The van der Waals surface area contributed by atoms with Crippen molar-refractivity contribution >= 4 is 43.6 Å². The molecular weight excluding hydrogens is 400 g/mol. The molecule has 0 aromatic carbocycles. The first-order chi connectivity index (χ1) is 15.9. The summed E-state index contributed by atoms with van der Waals surface area (Å²) in [6.07, 6.45) is 18.3. The fourth-order valence-electron chi connectivity index (χ4n) is 4.46. The highest BCUT2D eigenvalue weighted by atomic mass is 15.2. The molecule has 0 aliphatic heterocycles. The zero-order valence-electron chi connectivity index (χ0n) is 16.7. The van der Waals surface area contributed by atoms with Gasteiger partial charge in [-0.3, -0.25) is 24.5 Å². The van der Waals surface area contributed by atoms with Gasteiger partial charge in [0, 0.05) is 71.1 Å². The second-order valence-corrected chi connectivity index (χ2v) is 7.48. The zero-order chi connectivity index (χ0) is 21.1. The monoisotopic (exact) mass is 414 g/mol. The smallest absolute Gasteiger partial charge is 0.234 e. The molecule has 0 amide bonds. The van der Waals surface area contributed by atoms with Crippen LogP contribution >= 0.6 is 0 Å². The average Bonchev–Trinajstić information content (AvgIpc) is 3.38. The summed E-state index contributed by atoms with van der Waals surface area (Å²) >= 11 is 0. The lowest BCUT2D eigenvalue weighted by Gasteiger charge is -2.09. The summed E-state index contributed by atoms with van der Waals surface area (Å²) in [6, 6.07) is 7.94. The van der Waals surface area contributed by atoms with Gasteiger partial charge < -0.3 is 4.57 Å². The molecule has 0 unspecified atom stereocenters. The summed E-state index contributed by atoms with van der Waals surface area (Å²) in [7, 11) is 0. The molecule has 0 radical (unpaired) electrons. The van der Waals surface area contributed by atoms with Crippen LogP contribution in [-0.4, -0.2) is 39.0 Å². The number of fused-ring (bicyclic) bond motifs is 6. The number of hydrogen-bond donors (Lipinski definition) is 0. The van der Waals surface area contributed by atoms with Crippen LogP contribution in [0.2, 0.25) is 0 Å². The zero-order valence-corrected chi connectivity index (χ0v) is 16.7. The third kappa shape index (κ3) is 2.26. The van der Waals surface area contributed by atoms with Crippen LogP contribution in [0.15, 0.2) is 86.2 Å². The van der Waals surface area contributed by atoms with Crippen molar-refractivity contribution in [3.05, 3.63) is 86.2 Å². The van der Waals surface area contributed by atoms with Gasteiger partial charge in [-0.25, -0.2) is 9.97 Å². The maximum atomic E-state index is 4.75. The van der Waals surface area contributed by atoms with Crippen molar-refractivity contribution in [2.45, 2.75) is 0 Å². The van der Waals surface area contributed by atoms with Crippen molar-refractivity contribution in [2.75, 3.05) is 0 Å². The molecule has 0 N–H and O–H groups in total. The Morgan fingerprint density at radius 3 is 1.22 bits per heavy atom. The van der Waals surface area contributed by atoms with Gasteiger partial charge in [0.15, 0.2) is 0 Å². The largest absolute Gasteiger partial charge is 0.306 e. The highest BCUT2D eigenvalue weighted by molar-refractivity contribution is 6.09. The molecule has 7 heterocycles. The summed E-state index contributed by atoms with van der Waals surface area (Å²) in [6.45, 7) is 0. The Bertz CT molecular complexity index is 1540. The minimum Gasteiger partial charge on any atom is -0.306 e. The van der Waals surface area contributed by atoms with Crippen molar-refractivity contribution in [1.82, 2.24) is 39.0 Å². The molecule has 7 aromatic rings. The van der Waals surface area contributed by atoms with Crippen LogP contribution < -0.4 is 0 Å². The van der Waals surface area contributed by atoms with Crippen LogP contribution in [-0.2, 0) is 0 Å². The predicted molar refractivity (Wildman–Crippen MR) is 122 cm³/mol. The van der Waals surface area contributed by atoms with Gasteiger partial charge in [0.05, 0.1) is 40.1 Å². The molecule has 0 aliphatic rings. The van der Waals surface area contributed by atoms with Gasteiger partial charge >= 0.3 is 0 Å². The van der Waals surface area contributed by atoms with E-state index in [1.54, 1.807) is 24.8 Å². The van der Waals surface area contributed by atoms with Crippen LogP contribution in [0.3, 0.4) is 0 Å². The summed E-state index contributed by atoms with van der Waals surface area (Å²) in [5, 5.41) is 4.13. The highest BCUT2D eigenvalue weighted by Crippen LogP contribution is 2.32. The number of rotatable bonds is 2. The van der Waals surface area contributed by atoms with Gasteiger partial charge in [0.1, 0.15) is 0 Å². The second kappa shape index (κ2) is 6.39. The summed E-state index contributed by atoms with van der Waals surface area (Å²) in [4.78, 5) is 26.6. The molecule has 32 heavy (non-hydrogen) atoms. The molecule has 8 heteroatoms. The van der Waals surface area contributed by atoms with Crippen LogP contribution in [0.1, 0.15) is 0 Å². The second-order valence-electron chi connectivity index (χ2n) is 7.48. The standard InChI is InChI=1S/C24H14N8/c1-5-25-11-16-17-12-26-6-2-21(17)31(20(1)16)15-9-29-24(30-10-15)32-22-3-7-27-13-18(22)19-14-28-8-4-23(19)32/h1-14H. The van der Waals surface area contributed by atoms with Gasteiger partial charge in [-0.1, -0.05) is 0 Å². The summed E-state index contributed by atoms with van der Waals surface area (Å²) in [5.41, 5.74) is 4.92. The van der Waals surface area contributed by atoms with Crippen molar-refractivity contribution in [2.24, 2.45) is 0 Å². The van der Waals surface area contributed by atoms with Gasteiger partial charge in [-0.05, 0) is 24.3 Å². The first-order valence-electron chi connectivity index (χ1n) is 10.1. The SMILES string of the molecule is c1cc2c(cn1)c1cnccc1n2-c1cnc(-n2c3ccncc3c3cnccc32)nc1. The summed E-state index contributed by atoms with van der Waals surface area (Å²) in [5.74, 6) is 0.593. The van der Waals surface area contributed by atoms with Crippen LogP contribution in [0.4, 0.5) is 0 Å². The molecule has 0 aliphatic carbocycles. The molecule has 150 valence electrons. The van der Waals surface area contributed by atoms with Gasteiger partial charge in [-0.15, -0.1) is 0 Å². The molecule has 0 saturated heterocycles. The van der Waals surface area contributed by atoms with E-state index in [9.17, 15) is 0 Å². The normalized spacial score (nSPS) is 11.8. The number of aromatic nitrogens is 8. The van der Waals surface area contributed by atoms with Crippen molar-refractivity contribution in [3.63, 3.8) is 0 Å². The Morgan fingerprint density at radius 1 is 0.438 bits per heavy atom. The van der Waals surface area contributed by atoms with E-state index >= 15 is 0 Å². The molecule has 0 spiro atoms. The Hall–Kier alpha value is -4.72. The number of hydrogen-bond acceptors (Lipinski definition) is 6. The number of pyridine rings is 4. The lowest BCUT2D eigenvalue weighted by Crippen LogP contribution is -2.03. The first kappa shape index (κ1) is 17.0. The maximum Gasteiger partial charge on any atom is 0.234 e. The van der Waals surface area contributed by atoms with Crippen molar-refractivity contribution < 1.29 is 0 Å². The van der Waals surface area contributed by atoms with E-state index in [1.807, 2.05) is 66.0 Å². The lowest BCUT2D eigenvalue weighted by atomic mass is 10.2.